The average molecular weight is 513 g/mol. The molecular formula is C28H28N6O2S. The van der Waals surface area contributed by atoms with Gasteiger partial charge >= 0.3 is 0 Å². The van der Waals surface area contributed by atoms with Gasteiger partial charge in [0.25, 0.3) is 0 Å². The largest absolute Gasteiger partial charge is 0.346 e. The molecule has 1 aliphatic rings. The lowest BCUT2D eigenvalue weighted by Crippen LogP contribution is -2.42. The summed E-state index contributed by atoms with van der Waals surface area (Å²) >= 11 is 0. The maximum Gasteiger partial charge on any atom is 0.240 e. The monoisotopic (exact) mass is 512 g/mol. The summed E-state index contributed by atoms with van der Waals surface area (Å²) in [4.78, 5) is 8.13. The first-order valence-electron chi connectivity index (χ1n) is 12.4. The average Bonchev–Trinajstić information content (AvgIpc) is 3.56. The van der Waals surface area contributed by atoms with Gasteiger partial charge in [-0.1, -0.05) is 42.5 Å². The van der Waals surface area contributed by atoms with Crippen molar-refractivity contribution in [3.63, 3.8) is 0 Å². The number of hydrogen-bond donors (Lipinski definition) is 3. The van der Waals surface area contributed by atoms with Crippen LogP contribution in [-0.2, 0) is 16.6 Å². The van der Waals surface area contributed by atoms with Crippen LogP contribution in [-0.4, -0.2) is 47.3 Å². The number of nitrogens with zero attached hydrogens (tertiary/aromatic N) is 3. The second-order valence-electron chi connectivity index (χ2n) is 9.40. The highest BCUT2D eigenvalue weighted by molar-refractivity contribution is 7.89. The van der Waals surface area contributed by atoms with E-state index in [0.717, 1.165) is 59.2 Å². The summed E-state index contributed by atoms with van der Waals surface area (Å²) in [6.07, 6.45) is 9.26. The summed E-state index contributed by atoms with van der Waals surface area (Å²) in [5.41, 5.74) is 5.83. The Hall–Kier alpha value is -3.79. The standard InChI is InChI=1S/C28H28N6O2S/c35-37(36,33-24-10-12-29-13-11-24)25-8-6-21(7-9-25)22-14-26-27(17-31-28(26)30-15-22)23-16-32-34(19-23)18-20-4-2-1-3-5-20/h1-9,14-17,19,24,29,33H,10-13,18H2,(H,30,31). The second-order valence-corrected chi connectivity index (χ2v) is 11.1. The van der Waals surface area contributed by atoms with E-state index in [2.05, 4.69) is 43.3 Å². The Morgan fingerprint density at radius 2 is 1.73 bits per heavy atom. The van der Waals surface area contributed by atoms with Crippen molar-refractivity contribution in [1.29, 1.82) is 0 Å². The molecule has 9 heteroatoms. The van der Waals surface area contributed by atoms with Crippen molar-refractivity contribution in [1.82, 2.24) is 29.8 Å². The van der Waals surface area contributed by atoms with Crippen LogP contribution in [0.3, 0.4) is 0 Å². The highest BCUT2D eigenvalue weighted by Crippen LogP contribution is 2.31. The number of rotatable bonds is 7. The van der Waals surface area contributed by atoms with Gasteiger partial charge in [0, 0.05) is 46.7 Å². The topological polar surface area (TPSA) is 105 Å². The first-order valence-corrected chi connectivity index (χ1v) is 13.9. The minimum absolute atomic E-state index is 0.0263. The number of piperidine rings is 1. The molecule has 0 bridgehead atoms. The van der Waals surface area contributed by atoms with Crippen molar-refractivity contribution in [3.05, 3.63) is 91.0 Å². The molecule has 37 heavy (non-hydrogen) atoms. The van der Waals surface area contributed by atoms with E-state index in [4.69, 9.17) is 0 Å². The normalized spacial score (nSPS) is 14.8. The molecule has 0 unspecified atom stereocenters. The molecule has 0 saturated carbocycles. The maximum atomic E-state index is 12.9. The summed E-state index contributed by atoms with van der Waals surface area (Å²) in [7, 11) is -3.56. The zero-order valence-electron chi connectivity index (χ0n) is 20.3. The van der Waals surface area contributed by atoms with Gasteiger partial charge in [0.05, 0.1) is 17.6 Å². The van der Waals surface area contributed by atoms with Gasteiger partial charge in [-0.15, -0.1) is 0 Å². The van der Waals surface area contributed by atoms with Crippen LogP contribution >= 0.6 is 0 Å². The molecule has 3 aromatic heterocycles. The van der Waals surface area contributed by atoms with Crippen LogP contribution in [0.5, 0.6) is 0 Å². The highest BCUT2D eigenvalue weighted by atomic mass is 32.2. The summed E-state index contributed by atoms with van der Waals surface area (Å²) < 4.78 is 30.5. The number of aromatic amines is 1. The van der Waals surface area contributed by atoms with Crippen LogP contribution in [0.25, 0.3) is 33.3 Å². The molecule has 6 rings (SSSR count). The van der Waals surface area contributed by atoms with E-state index >= 15 is 0 Å². The molecule has 0 atom stereocenters. The fraction of sp³-hybridized carbons (Fsp3) is 0.214. The minimum Gasteiger partial charge on any atom is -0.346 e. The number of benzene rings is 2. The first kappa shape index (κ1) is 23.6. The van der Waals surface area contributed by atoms with Crippen LogP contribution in [0.15, 0.2) is 90.3 Å². The van der Waals surface area contributed by atoms with E-state index in [9.17, 15) is 8.42 Å². The van der Waals surface area contributed by atoms with Crippen molar-refractivity contribution in [2.45, 2.75) is 30.3 Å². The molecule has 1 fully saturated rings. The fourth-order valence-corrected chi connectivity index (χ4v) is 6.12. The number of hydrogen-bond acceptors (Lipinski definition) is 5. The van der Waals surface area contributed by atoms with E-state index in [0.29, 0.717) is 6.54 Å². The molecule has 3 N–H and O–H groups in total. The molecule has 0 aliphatic carbocycles. The predicted octanol–water partition coefficient (Wildman–Crippen LogP) is 4.17. The third-order valence-corrected chi connectivity index (χ3v) is 8.36. The Labute approximate surface area is 215 Å². The van der Waals surface area contributed by atoms with E-state index < -0.39 is 10.0 Å². The van der Waals surface area contributed by atoms with Crippen LogP contribution in [0, 0.1) is 0 Å². The molecule has 4 heterocycles. The minimum atomic E-state index is -3.56. The molecule has 1 saturated heterocycles. The van der Waals surface area contributed by atoms with Gasteiger partial charge in [0.15, 0.2) is 0 Å². The van der Waals surface area contributed by atoms with Gasteiger partial charge in [-0.2, -0.15) is 5.10 Å². The molecule has 0 radical (unpaired) electrons. The fourth-order valence-electron chi connectivity index (χ4n) is 4.81. The Morgan fingerprint density at radius 3 is 2.51 bits per heavy atom. The Kier molecular flexibility index (Phi) is 6.33. The van der Waals surface area contributed by atoms with Crippen LogP contribution in [0.2, 0.25) is 0 Å². The van der Waals surface area contributed by atoms with Crippen molar-refractivity contribution in [2.24, 2.45) is 0 Å². The Morgan fingerprint density at radius 1 is 0.946 bits per heavy atom. The van der Waals surface area contributed by atoms with Gasteiger partial charge in [-0.3, -0.25) is 4.68 Å². The summed E-state index contributed by atoms with van der Waals surface area (Å²) in [5, 5.41) is 8.79. The summed E-state index contributed by atoms with van der Waals surface area (Å²) in [5.74, 6) is 0. The molecule has 8 nitrogen and oxygen atoms in total. The molecule has 1 aliphatic heterocycles. The number of nitrogens with one attached hydrogen (secondary N) is 3. The maximum absolute atomic E-state index is 12.9. The number of fused-ring (bicyclic) bond motifs is 1. The molecule has 5 aromatic rings. The van der Waals surface area contributed by atoms with E-state index in [1.165, 1.54) is 5.56 Å². The summed E-state index contributed by atoms with van der Waals surface area (Å²) in [6, 6.07) is 19.3. The quantitative estimate of drug-likeness (QED) is 0.304. The van der Waals surface area contributed by atoms with Crippen molar-refractivity contribution in [3.8, 4) is 22.3 Å². The van der Waals surface area contributed by atoms with E-state index in [1.807, 2.05) is 53.6 Å². The van der Waals surface area contributed by atoms with Crippen molar-refractivity contribution in [2.75, 3.05) is 13.1 Å². The van der Waals surface area contributed by atoms with Gasteiger partial charge < -0.3 is 10.3 Å². The first-order chi connectivity index (χ1) is 18.0. The van der Waals surface area contributed by atoms with E-state index in [1.54, 1.807) is 18.3 Å². The Bertz CT molecular complexity index is 1620. The lowest BCUT2D eigenvalue weighted by molar-refractivity contribution is 0.427. The second kappa shape index (κ2) is 9.93. The van der Waals surface area contributed by atoms with Gasteiger partial charge in [-0.05, 0) is 55.3 Å². The highest BCUT2D eigenvalue weighted by Gasteiger charge is 2.21. The Balaban J connectivity index is 1.24. The number of H-pyrrole nitrogens is 1. The smallest absolute Gasteiger partial charge is 0.240 e. The summed E-state index contributed by atoms with van der Waals surface area (Å²) in [6.45, 7) is 2.36. The van der Waals surface area contributed by atoms with Gasteiger partial charge in [0.2, 0.25) is 10.0 Å². The zero-order chi connectivity index (χ0) is 25.2. The number of sulfonamides is 1. The predicted molar refractivity (Wildman–Crippen MR) is 145 cm³/mol. The lowest BCUT2D eigenvalue weighted by Gasteiger charge is -2.23. The number of pyridine rings is 1. The van der Waals surface area contributed by atoms with Gasteiger partial charge in [-0.25, -0.2) is 18.1 Å². The van der Waals surface area contributed by atoms with Crippen LogP contribution in [0.4, 0.5) is 0 Å². The van der Waals surface area contributed by atoms with Crippen LogP contribution in [0.1, 0.15) is 18.4 Å². The zero-order valence-corrected chi connectivity index (χ0v) is 21.1. The molecule has 188 valence electrons. The molecule has 2 aromatic carbocycles. The lowest BCUT2D eigenvalue weighted by atomic mass is 10.0. The van der Waals surface area contributed by atoms with E-state index in [-0.39, 0.29) is 10.9 Å². The van der Waals surface area contributed by atoms with Crippen molar-refractivity contribution >= 4 is 21.1 Å². The third-order valence-electron chi connectivity index (χ3n) is 6.82. The molecular weight excluding hydrogens is 484 g/mol. The SMILES string of the molecule is O=S(=O)(NC1CCNCC1)c1ccc(-c2cnc3[nH]cc(-c4cnn(Cc5ccccc5)c4)c3c2)cc1. The molecule has 0 spiro atoms. The van der Waals surface area contributed by atoms with Gasteiger partial charge in [0.1, 0.15) is 5.65 Å². The third kappa shape index (κ3) is 5.06. The number of aromatic nitrogens is 4. The molecule has 0 amide bonds. The van der Waals surface area contributed by atoms with Crippen molar-refractivity contribution < 1.29 is 8.42 Å². The van der Waals surface area contributed by atoms with Crippen LogP contribution < -0.4 is 10.0 Å².